The molecule has 7 heteroatoms. The van der Waals surface area contributed by atoms with Gasteiger partial charge in [-0.15, -0.1) is 0 Å². The largest absolute Gasteiger partial charge is 0.492 e. The van der Waals surface area contributed by atoms with Gasteiger partial charge in [-0.05, 0) is 24.3 Å². The van der Waals surface area contributed by atoms with Gasteiger partial charge in [0, 0.05) is 18.3 Å². The van der Waals surface area contributed by atoms with Crippen molar-refractivity contribution in [2.24, 2.45) is 0 Å². The highest BCUT2D eigenvalue weighted by Gasteiger charge is 2.21. The van der Waals surface area contributed by atoms with Crippen LogP contribution in [-0.4, -0.2) is 29.2 Å². The lowest BCUT2D eigenvalue weighted by Crippen LogP contribution is -2.28. The maximum absolute atomic E-state index is 12.7. The van der Waals surface area contributed by atoms with Gasteiger partial charge in [-0.2, -0.15) is 4.98 Å². The summed E-state index contributed by atoms with van der Waals surface area (Å²) < 4.78 is 23.3. The van der Waals surface area contributed by atoms with Crippen molar-refractivity contribution in [2.75, 3.05) is 13.2 Å². The molecule has 0 fully saturated rings. The Bertz CT molecular complexity index is 662. The summed E-state index contributed by atoms with van der Waals surface area (Å²) in [4.78, 5) is 16.1. The Labute approximate surface area is 140 Å². The second-order valence-corrected chi connectivity index (χ2v) is 6.41. The zero-order valence-electron chi connectivity index (χ0n) is 14.1. The maximum atomic E-state index is 12.7. The minimum Gasteiger partial charge on any atom is -0.492 e. The highest BCUT2D eigenvalue weighted by atomic mass is 19.1. The lowest BCUT2D eigenvalue weighted by molar-refractivity contribution is -0.121. The molecule has 2 aromatic rings. The van der Waals surface area contributed by atoms with Crippen LogP contribution in [0.1, 0.15) is 38.9 Å². The van der Waals surface area contributed by atoms with E-state index in [1.165, 1.54) is 12.1 Å². The van der Waals surface area contributed by atoms with E-state index in [1.54, 1.807) is 12.1 Å². The fourth-order valence-corrected chi connectivity index (χ4v) is 1.86. The molecule has 0 aliphatic heterocycles. The number of benzene rings is 1. The number of carbonyl (C=O) groups is 1. The number of ether oxygens (including phenoxy) is 1. The van der Waals surface area contributed by atoms with Gasteiger partial charge in [0.2, 0.25) is 11.8 Å². The number of rotatable bonds is 7. The van der Waals surface area contributed by atoms with Crippen LogP contribution in [-0.2, 0) is 16.6 Å². The summed E-state index contributed by atoms with van der Waals surface area (Å²) >= 11 is 0. The predicted octanol–water partition coefficient (Wildman–Crippen LogP) is 2.63. The first-order valence-electron chi connectivity index (χ1n) is 7.83. The monoisotopic (exact) mass is 335 g/mol. The lowest BCUT2D eigenvalue weighted by Gasteiger charge is -2.10. The molecular weight excluding hydrogens is 313 g/mol. The average Bonchev–Trinajstić information content (AvgIpc) is 3.00. The van der Waals surface area contributed by atoms with E-state index in [1.807, 2.05) is 20.8 Å². The standard InChI is InChI=1S/C17H22FN3O3/c1-17(2,3)16-20-15(24-21-16)9-8-14(22)19-10-11-23-13-6-4-12(18)5-7-13/h4-7H,8-11H2,1-3H3,(H,19,22). The quantitative estimate of drug-likeness (QED) is 0.787. The molecular formula is C17H22FN3O3. The van der Waals surface area contributed by atoms with Crippen LogP contribution in [0.25, 0.3) is 0 Å². The number of carbonyl (C=O) groups excluding carboxylic acids is 1. The van der Waals surface area contributed by atoms with Gasteiger partial charge in [-0.25, -0.2) is 4.39 Å². The minimum atomic E-state index is -0.314. The third kappa shape index (κ3) is 5.64. The molecule has 2 rings (SSSR count). The zero-order chi connectivity index (χ0) is 17.6. The molecule has 0 saturated heterocycles. The summed E-state index contributed by atoms with van der Waals surface area (Å²) in [6.07, 6.45) is 0.663. The Balaban J connectivity index is 1.64. The summed E-state index contributed by atoms with van der Waals surface area (Å²) in [5.41, 5.74) is -0.179. The first-order chi connectivity index (χ1) is 11.3. The lowest BCUT2D eigenvalue weighted by atomic mass is 9.96. The SMILES string of the molecule is CC(C)(C)c1noc(CCC(=O)NCCOc2ccc(F)cc2)n1. The van der Waals surface area contributed by atoms with Crippen molar-refractivity contribution in [3.05, 3.63) is 41.8 Å². The van der Waals surface area contributed by atoms with Crippen LogP contribution in [0.4, 0.5) is 4.39 Å². The van der Waals surface area contributed by atoms with E-state index in [0.717, 1.165) is 0 Å². The van der Waals surface area contributed by atoms with Crippen LogP contribution < -0.4 is 10.1 Å². The van der Waals surface area contributed by atoms with E-state index in [0.29, 0.717) is 37.0 Å². The zero-order valence-corrected chi connectivity index (χ0v) is 14.1. The van der Waals surface area contributed by atoms with Crippen molar-refractivity contribution in [3.8, 4) is 5.75 Å². The van der Waals surface area contributed by atoms with Crippen molar-refractivity contribution in [2.45, 2.75) is 39.0 Å². The first-order valence-corrected chi connectivity index (χ1v) is 7.83. The number of halogens is 1. The first kappa shape index (κ1) is 17.9. The Morgan fingerprint density at radius 3 is 2.62 bits per heavy atom. The molecule has 0 aliphatic rings. The molecule has 0 atom stereocenters. The van der Waals surface area contributed by atoms with Crippen LogP contribution in [0.2, 0.25) is 0 Å². The molecule has 0 saturated carbocycles. The fourth-order valence-electron chi connectivity index (χ4n) is 1.86. The molecule has 6 nitrogen and oxygen atoms in total. The molecule has 1 N–H and O–H groups in total. The van der Waals surface area contributed by atoms with Gasteiger partial charge < -0.3 is 14.6 Å². The number of hydrogen-bond donors (Lipinski definition) is 1. The minimum absolute atomic E-state index is 0.117. The van der Waals surface area contributed by atoms with Gasteiger partial charge in [-0.3, -0.25) is 4.79 Å². The van der Waals surface area contributed by atoms with E-state index < -0.39 is 0 Å². The molecule has 1 amide bonds. The number of nitrogens with zero attached hydrogens (tertiary/aromatic N) is 2. The summed E-state index contributed by atoms with van der Waals surface area (Å²) in [5, 5.41) is 6.66. The molecule has 0 unspecified atom stereocenters. The Morgan fingerprint density at radius 1 is 1.29 bits per heavy atom. The fraction of sp³-hybridized carbons (Fsp3) is 0.471. The maximum Gasteiger partial charge on any atom is 0.227 e. The molecule has 1 aromatic heterocycles. The predicted molar refractivity (Wildman–Crippen MR) is 86.2 cm³/mol. The van der Waals surface area contributed by atoms with E-state index >= 15 is 0 Å². The van der Waals surface area contributed by atoms with Gasteiger partial charge in [-0.1, -0.05) is 25.9 Å². The van der Waals surface area contributed by atoms with Crippen molar-refractivity contribution < 1.29 is 18.4 Å². The van der Waals surface area contributed by atoms with Gasteiger partial charge in [0.05, 0.1) is 6.54 Å². The van der Waals surface area contributed by atoms with Crippen molar-refractivity contribution in [3.63, 3.8) is 0 Å². The normalized spacial score (nSPS) is 11.3. The van der Waals surface area contributed by atoms with Crippen molar-refractivity contribution in [1.29, 1.82) is 0 Å². The molecule has 24 heavy (non-hydrogen) atoms. The van der Waals surface area contributed by atoms with Crippen molar-refractivity contribution >= 4 is 5.91 Å². The van der Waals surface area contributed by atoms with Crippen molar-refractivity contribution in [1.82, 2.24) is 15.5 Å². The molecule has 1 aromatic carbocycles. The average molecular weight is 335 g/mol. The highest BCUT2D eigenvalue weighted by Crippen LogP contribution is 2.18. The van der Waals surface area contributed by atoms with E-state index in [9.17, 15) is 9.18 Å². The number of amides is 1. The third-order valence-electron chi connectivity index (χ3n) is 3.21. The second kappa shape index (κ2) is 7.90. The van der Waals surface area contributed by atoms with E-state index in [4.69, 9.17) is 9.26 Å². The van der Waals surface area contributed by atoms with Crippen LogP contribution in [0.15, 0.2) is 28.8 Å². The molecule has 130 valence electrons. The van der Waals surface area contributed by atoms with E-state index in [-0.39, 0.29) is 23.6 Å². The smallest absolute Gasteiger partial charge is 0.227 e. The molecule has 0 aliphatic carbocycles. The van der Waals surface area contributed by atoms with Crippen LogP contribution >= 0.6 is 0 Å². The molecule has 0 radical (unpaired) electrons. The number of aromatic nitrogens is 2. The van der Waals surface area contributed by atoms with Gasteiger partial charge in [0.25, 0.3) is 0 Å². The Kier molecular flexibility index (Phi) is 5.89. The summed E-state index contributed by atoms with van der Waals surface area (Å²) in [6, 6.07) is 5.73. The summed E-state index contributed by atoms with van der Waals surface area (Å²) in [5.74, 6) is 1.22. The molecule has 0 bridgehead atoms. The van der Waals surface area contributed by atoms with Crippen LogP contribution in [0.5, 0.6) is 5.75 Å². The number of nitrogens with one attached hydrogen (secondary N) is 1. The highest BCUT2D eigenvalue weighted by molar-refractivity contribution is 5.75. The van der Waals surface area contributed by atoms with Gasteiger partial charge >= 0.3 is 0 Å². The van der Waals surface area contributed by atoms with E-state index in [2.05, 4.69) is 15.5 Å². The number of aryl methyl sites for hydroxylation is 1. The summed E-state index contributed by atoms with van der Waals surface area (Å²) in [7, 11) is 0. The Morgan fingerprint density at radius 2 is 2.00 bits per heavy atom. The second-order valence-electron chi connectivity index (χ2n) is 6.41. The molecule has 1 heterocycles. The van der Waals surface area contributed by atoms with Crippen LogP contribution in [0, 0.1) is 5.82 Å². The topological polar surface area (TPSA) is 77.2 Å². The Hall–Kier alpha value is -2.44. The van der Waals surface area contributed by atoms with Crippen LogP contribution in [0.3, 0.4) is 0 Å². The number of hydrogen-bond acceptors (Lipinski definition) is 5. The molecule has 0 spiro atoms. The van der Waals surface area contributed by atoms with Gasteiger partial charge in [0.1, 0.15) is 18.2 Å². The van der Waals surface area contributed by atoms with Gasteiger partial charge in [0.15, 0.2) is 5.82 Å². The summed E-state index contributed by atoms with van der Waals surface area (Å²) in [6.45, 7) is 6.67. The third-order valence-corrected chi connectivity index (χ3v) is 3.21.